The molecule has 2 aromatic carbocycles. The standard InChI is InChI=1S/C27H30FN9O.C2HF3O2/c1-34-9-11-36(12-10-34)27-30-19-37(33-27)22-7-5-21(6-8-22)31-26-29-18-24(28)25(32-26)20-3-2-4-23(17-20)35-13-15-38-16-14-35;3-2(4,5)1(6)7/h2-8,17-19H,9-16H2,1H3,(H,29,31,32);(H,6,7). The van der Waals surface area contributed by atoms with Crippen LogP contribution in [0.25, 0.3) is 16.9 Å². The molecule has 12 nitrogen and oxygen atoms in total. The molecule has 0 saturated carbocycles. The van der Waals surface area contributed by atoms with Crippen molar-refractivity contribution in [3.05, 3.63) is 66.9 Å². The van der Waals surface area contributed by atoms with Gasteiger partial charge in [-0.3, -0.25) is 0 Å². The summed E-state index contributed by atoms with van der Waals surface area (Å²) in [5.74, 6) is -2.16. The van der Waals surface area contributed by atoms with Crippen LogP contribution in [0.3, 0.4) is 0 Å². The molecule has 2 fully saturated rings. The highest BCUT2D eigenvalue weighted by molar-refractivity contribution is 5.73. The fraction of sp³-hybridized carbons (Fsp3) is 0.345. The van der Waals surface area contributed by atoms with E-state index in [4.69, 9.17) is 14.6 Å². The van der Waals surface area contributed by atoms with Gasteiger partial charge in [-0.1, -0.05) is 12.1 Å². The zero-order chi connectivity index (χ0) is 32.0. The number of nitrogens with zero attached hydrogens (tertiary/aromatic N) is 8. The Morgan fingerprint density at radius 1 is 0.933 bits per heavy atom. The van der Waals surface area contributed by atoms with Gasteiger partial charge in [-0.25, -0.2) is 23.8 Å². The van der Waals surface area contributed by atoms with Crippen LogP contribution in [0.2, 0.25) is 0 Å². The molecule has 0 spiro atoms. The molecule has 4 heterocycles. The Bertz CT molecular complexity index is 1590. The van der Waals surface area contributed by atoms with Gasteiger partial charge in [0.05, 0.1) is 25.1 Å². The number of aliphatic carboxylic acids is 1. The minimum atomic E-state index is -5.08. The van der Waals surface area contributed by atoms with Crippen molar-refractivity contribution in [2.24, 2.45) is 0 Å². The van der Waals surface area contributed by atoms with Crippen LogP contribution < -0.4 is 15.1 Å². The number of carbonyl (C=O) groups is 1. The van der Waals surface area contributed by atoms with Crippen LogP contribution in [0, 0.1) is 5.82 Å². The van der Waals surface area contributed by atoms with Crippen molar-refractivity contribution in [3.63, 3.8) is 0 Å². The van der Waals surface area contributed by atoms with Gasteiger partial charge in [-0.2, -0.15) is 18.2 Å². The number of nitrogens with one attached hydrogen (secondary N) is 1. The first-order chi connectivity index (χ1) is 21.6. The highest BCUT2D eigenvalue weighted by Crippen LogP contribution is 2.27. The number of aromatic nitrogens is 5. The Kier molecular flexibility index (Phi) is 9.73. The minimum absolute atomic E-state index is 0.258. The van der Waals surface area contributed by atoms with Crippen LogP contribution in [0.15, 0.2) is 61.1 Å². The van der Waals surface area contributed by atoms with Crippen molar-refractivity contribution in [1.29, 1.82) is 0 Å². The quantitative estimate of drug-likeness (QED) is 0.303. The SMILES string of the molecule is CN1CCN(c2ncn(-c3ccc(Nc4ncc(F)c(-c5cccc(N6CCOCC6)c5)n4)cc3)n2)CC1.O=C(O)C(F)(F)F. The van der Waals surface area contributed by atoms with Gasteiger partial charge in [0.2, 0.25) is 11.9 Å². The van der Waals surface area contributed by atoms with E-state index in [1.807, 2.05) is 48.5 Å². The molecule has 4 aromatic rings. The Morgan fingerprint density at radius 3 is 2.29 bits per heavy atom. The molecule has 16 heteroatoms. The number of anilines is 4. The Labute approximate surface area is 255 Å². The third-order valence-corrected chi connectivity index (χ3v) is 7.14. The molecule has 2 N–H and O–H groups in total. The lowest BCUT2D eigenvalue weighted by Gasteiger charge is -2.31. The summed E-state index contributed by atoms with van der Waals surface area (Å²) in [5.41, 5.74) is 3.66. The zero-order valence-electron chi connectivity index (χ0n) is 24.3. The number of ether oxygens (including phenoxy) is 1. The second kappa shape index (κ2) is 13.9. The van der Waals surface area contributed by atoms with Crippen molar-refractivity contribution in [1.82, 2.24) is 29.6 Å². The molecule has 6 rings (SSSR count). The largest absolute Gasteiger partial charge is 0.490 e. The molecule has 2 aliphatic rings. The summed E-state index contributed by atoms with van der Waals surface area (Å²) in [7, 11) is 2.13. The molecular formula is C29H31F4N9O3. The van der Waals surface area contributed by atoms with E-state index in [0.717, 1.165) is 62.3 Å². The molecule has 0 bridgehead atoms. The van der Waals surface area contributed by atoms with Crippen molar-refractivity contribution in [2.75, 3.05) is 74.6 Å². The summed E-state index contributed by atoms with van der Waals surface area (Å²) in [6.07, 6.45) is -2.15. The second-order valence-corrected chi connectivity index (χ2v) is 10.3. The molecule has 0 aliphatic carbocycles. The molecule has 238 valence electrons. The van der Waals surface area contributed by atoms with E-state index in [0.29, 0.717) is 24.7 Å². The number of carboxylic acids is 1. The number of alkyl halides is 3. The number of piperazine rings is 1. The van der Waals surface area contributed by atoms with Crippen LogP contribution in [-0.4, -0.2) is 106 Å². The average Bonchev–Trinajstić information content (AvgIpc) is 3.53. The van der Waals surface area contributed by atoms with Gasteiger partial charge in [0, 0.05) is 56.2 Å². The smallest absolute Gasteiger partial charge is 0.475 e. The minimum Gasteiger partial charge on any atom is -0.475 e. The highest BCUT2D eigenvalue weighted by atomic mass is 19.4. The normalized spacial score (nSPS) is 15.8. The number of carboxylic acid groups (broad SMARTS) is 1. The molecule has 45 heavy (non-hydrogen) atoms. The average molecular weight is 630 g/mol. The first-order valence-electron chi connectivity index (χ1n) is 14.1. The van der Waals surface area contributed by atoms with Crippen molar-refractivity contribution >= 4 is 29.2 Å². The van der Waals surface area contributed by atoms with E-state index >= 15 is 0 Å². The summed E-state index contributed by atoms with van der Waals surface area (Å²) >= 11 is 0. The Hall–Kier alpha value is -4.83. The maximum atomic E-state index is 14.8. The Morgan fingerprint density at radius 2 is 1.62 bits per heavy atom. The lowest BCUT2D eigenvalue weighted by Crippen LogP contribution is -2.45. The van der Waals surface area contributed by atoms with Gasteiger partial charge in [-0.05, 0) is 43.4 Å². The van der Waals surface area contributed by atoms with E-state index in [2.05, 4.69) is 47.1 Å². The van der Waals surface area contributed by atoms with E-state index in [-0.39, 0.29) is 5.69 Å². The first kappa shape index (κ1) is 31.6. The van der Waals surface area contributed by atoms with Crippen molar-refractivity contribution < 1.29 is 32.2 Å². The fourth-order valence-corrected chi connectivity index (χ4v) is 4.66. The maximum absolute atomic E-state index is 14.8. The summed E-state index contributed by atoms with van der Waals surface area (Å²) in [4.78, 5) is 28.8. The predicted molar refractivity (Wildman–Crippen MR) is 159 cm³/mol. The molecule has 0 atom stereocenters. The fourth-order valence-electron chi connectivity index (χ4n) is 4.66. The molecule has 2 aliphatic heterocycles. The van der Waals surface area contributed by atoms with Crippen LogP contribution >= 0.6 is 0 Å². The van der Waals surface area contributed by atoms with Gasteiger partial charge in [0.25, 0.3) is 0 Å². The summed E-state index contributed by atoms with van der Waals surface area (Å²) in [6.45, 7) is 6.83. The number of likely N-dealkylation sites (N-methyl/N-ethyl adjacent to an activating group) is 1. The number of hydrogen-bond acceptors (Lipinski definition) is 10. The van der Waals surface area contributed by atoms with Crippen LogP contribution in [0.5, 0.6) is 0 Å². The molecular weight excluding hydrogens is 598 g/mol. The van der Waals surface area contributed by atoms with Crippen LogP contribution in [-0.2, 0) is 9.53 Å². The monoisotopic (exact) mass is 629 g/mol. The number of rotatable bonds is 6. The summed E-state index contributed by atoms with van der Waals surface area (Å²) in [5, 5.41) is 15.0. The van der Waals surface area contributed by atoms with Crippen LogP contribution in [0.1, 0.15) is 0 Å². The highest BCUT2D eigenvalue weighted by Gasteiger charge is 2.38. The van der Waals surface area contributed by atoms with Crippen LogP contribution in [0.4, 0.5) is 40.8 Å². The number of hydrogen-bond donors (Lipinski definition) is 2. The lowest BCUT2D eigenvalue weighted by atomic mass is 10.1. The van der Waals surface area contributed by atoms with Gasteiger partial charge in [0.1, 0.15) is 12.0 Å². The maximum Gasteiger partial charge on any atom is 0.490 e. The first-order valence-corrected chi connectivity index (χ1v) is 14.1. The lowest BCUT2D eigenvalue weighted by molar-refractivity contribution is -0.192. The topological polar surface area (TPSA) is 125 Å². The van der Waals surface area contributed by atoms with Crippen molar-refractivity contribution in [2.45, 2.75) is 6.18 Å². The molecule has 0 amide bonds. The molecule has 2 aromatic heterocycles. The third kappa shape index (κ3) is 8.21. The van der Waals surface area contributed by atoms with Gasteiger partial charge in [0.15, 0.2) is 5.82 Å². The number of morpholine rings is 1. The summed E-state index contributed by atoms with van der Waals surface area (Å²) < 4.78 is 53.7. The van der Waals surface area contributed by atoms with E-state index in [1.54, 1.807) is 11.0 Å². The molecule has 2 saturated heterocycles. The second-order valence-electron chi connectivity index (χ2n) is 10.3. The van der Waals surface area contributed by atoms with Gasteiger partial charge >= 0.3 is 12.1 Å². The number of benzene rings is 2. The molecule has 0 radical (unpaired) electrons. The number of halogens is 4. The van der Waals surface area contributed by atoms with E-state index < -0.39 is 18.0 Å². The van der Waals surface area contributed by atoms with E-state index in [1.165, 1.54) is 6.20 Å². The Balaban J connectivity index is 0.000000515. The third-order valence-electron chi connectivity index (χ3n) is 7.14. The van der Waals surface area contributed by atoms with Crippen molar-refractivity contribution in [3.8, 4) is 16.9 Å². The molecule has 0 unspecified atom stereocenters. The zero-order valence-corrected chi connectivity index (χ0v) is 24.3. The predicted octanol–water partition coefficient (Wildman–Crippen LogP) is 3.83. The summed E-state index contributed by atoms with van der Waals surface area (Å²) in [6, 6.07) is 15.5. The van der Waals surface area contributed by atoms with Gasteiger partial charge in [-0.15, -0.1) is 5.10 Å². The van der Waals surface area contributed by atoms with Gasteiger partial charge < -0.3 is 29.9 Å². The van der Waals surface area contributed by atoms with E-state index in [9.17, 15) is 17.6 Å².